The number of nitrogens with zero attached hydrogens (tertiary/aromatic N) is 1. The van der Waals surface area contributed by atoms with E-state index in [2.05, 4.69) is 20.9 Å². The SMILES string of the molecule is COc1cncc(Br)c1C(C)(CN)CO. The maximum Gasteiger partial charge on any atom is 0.142 e. The molecule has 0 aromatic carbocycles. The summed E-state index contributed by atoms with van der Waals surface area (Å²) in [6.07, 6.45) is 3.28. The van der Waals surface area contributed by atoms with Gasteiger partial charge in [0.2, 0.25) is 0 Å². The van der Waals surface area contributed by atoms with Crippen LogP contribution >= 0.6 is 15.9 Å². The van der Waals surface area contributed by atoms with Crippen LogP contribution in [-0.4, -0.2) is 30.4 Å². The van der Waals surface area contributed by atoms with Crippen molar-refractivity contribution < 1.29 is 9.84 Å². The van der Waals surface area contributed by atoms with Crippen molar-refractivity contribution >= 4 is 15.9 Å². The third-order valence-electron chi connectivity index (χ3n) is 2.49. The fourth-order valence-electron chi connectivity index (χ4n) is 1.40. The van der Waals surface area contributed by atoms with Crippen molar-refractivity contribution in [3.8, 4) is 5.75 Å². The smallest absolute Gasteiger partial charge is 0.142 e. The second kappa shape index (κ2) is 4.92. The Labute approximate surface area is 97.6 Å². The average molecular weight is 275 g/mol. The first-order valence-electron chi connectivity index (χ1n) is 4.58. The number of ether oxygens (including phenoxy) is 1. The molecule has 1 rings (SSSR count). The summed E-state index contributed by atoms with van der Waals surface area (Å²) in [6.45, 7) is 2.18. The van der Waals surface area contributed by atoms with Gasteiger partial charge in [0, 0.05) is 28.2 Å². The van der Waals surface area contributed by atoms with Crippen molar-refractivity contribution in [1.29, 1.82) is 0 Å². The van der Waals surface area contributed by atoms with Crippen molar-refractivity contribution in [2.75, 3.05) is 20.3 Å². The molecule has 1 aromatic rings. The topological polar surface area (TPSA) is 68.4 Å². The number of methoxy groups -OCH3 is 1. The first-order chi connectivity index (χ1) is 7.09. The number of hydrogen-bond acceptors (Lipinski definition) is 4. The monoisotopic (exact) mass is 274 g/mol. The third-order valence-corrected chi connectivity index (χ3v) is 3.09. The van der Waals surface area contributed by atoms with Crippen LogP contribution in [0.2, 0.25) is 0 Å². The van der Waals surface area contributed by atoms with Gasteiger partial charge in [0.05, 0.1) is 19.9 Å². The molecule has 0 aliphatic carbocycles. The minimum Gasteiger partial charge on any atom is -0.495 e. The number of aromatic nitrogens is 1. The van der Waals surface area contributed by atoms with E-state index in [-0.39, 0.29) is 6.61 Å². The number of aliphatic hydroxyl groups is 1. The Kier molecular flexibility index (Phi) is 4.07. The number of pyridine rings is 1. The van der Waals surface area contributed by atoms with Crippen LogP contribution in [0, 0.1) is 0 Å². The van der Waals surface area contributed by atoms with Gasteiger partial charge in [0.1, 0.15) is 5.75 Å². The molecule has 15 heavy (non-hydrogen) atoms. The highest BCUT2D eigenvalue weighted by Crippen LogP contribution is 2.35. The summed E-state index contributed by atoms with van der Waals surface area (Å²) in [5.74, 6) is 0.631. The highest BCUT2D eigenvalue weighted by molar-refractivity contribution is 9.10. The zero-order chi connectivity index (χ0) is 11.5. The molecular formula is C10H15BrN2O2. The number of nitrogens with two attached hydrogens (primary N) is 1. The molecule has 0 amide bonds. The molecule has 0 bridgehead atoms. The number of rotatable bonds is 4. The molecular weight excluding hydrogens is 260 g/mol. The van der Waals surface area contributed by atoms with E-state index in [0.29, 0.717) is 12.3 Å². The Hall–Kier alpha value is -0.650. The Morgan fingerprint density at radius 3 is 2.73 bits per heavy atom. The fourth-order valence-corrected chi connectivity index (χ4v) is 2.20. The van der Waals surface area contributed by atoms with Gasteiger partial charge in [-0.25, -0.2) is 0 Å². The fraction of sp³-hybridized carbons (Fsp3) is 0.500. The highest BCUT2D eigenvalue weighted by Gasteiger charge is 2.30. The first kappa shape index (κ1) is 12.4. The predicted molar refractivity (Wildman–Crippen MR) is 62.0 cm³/mol. The molecule has 1 aromatic heterocycles. The van der Waals surface area contributed by atoms with E-state index in [9.17, 15) is 5.11 Å². The zero-order valence-electron chi connectivity index (χ0n) is 8.83. The maximum absolute atomic E-state index is 9.41. The lowest BCUT2D eigenvalue weighted by atomic mass is 9.83. The summed E-state index contributed by atoms with van der Waals surface area (Å²) in [5.41, 5.74) is 6.02. The molecule has 1 atom stereocenters. The predicted octanol–water partition coefficient (Wildman–Crippen LogP) is 1.06. The number of hydrogen-bond donors (Lipinski definition) is 2. The van der Waals surface area contributed by atoms with E-state index in [1.807, 2.05) is 6.92 Å². The standard InChI is InChI=1S/C10H15BrN2O2/c1-10(5-12,6-14)9-7(11)3-13-4-8(9)15-2/h3-4,14H,5-6,12H2,1-2H3. The van der Waals surface area contributed by atoms with E-state index in [1.165, 1.54) is 0 Å². The van der Waals surface area contributed by atoms with Crippen LogP contribution < -0.4 is 10.5 Å². The molecule has 0 aliphatic heterocycles. The van der Waals surface area contributed by atoms with Gasteiger partial charge < -0.3 is 15.6 Å². The van der Waals surface area contributed by atoms with Gasteiger partial charge in [-0.1, -0.05) is 6.92 Å². The zero-order valence-corrected chi connectivity index (χ0v) is 10.4. The van der Waals surface area contributed by atoms with Gasteiger partial charge in [-0.05, 0) is 15.9 Å². The normalized spacial score (nSPS) is 14.7. The molecule has 4 nitrogen and oxygen atoms in total. The lowest BCUT2D eigenvalue weighted by molar-refractivity contribution is 0.206. The van der Waals surface area contributed by atoms with E-state index in [4.69, 9.17) is 10.5 Å². The minimum atomic E-state index is -0.521. The largest absolute Gasteiger partial charge is 0.495 e. The second-order valence-corrected chi connectivity index (χ2v) is 4.48. The van der Waals surface area contributed by atoms with Gasteiger partial charge in [-0.2, -0.15) is 0 Å². The van der Waals surface area contributed by atoms with Crippen LogP contribution in [0.3, 0.4) is 0 Å². The number of aliphatic hydroxyl groups excluding tert-OH is 1. The van der Waals surface area contributed by atoms with E-state index >= 15 is 0 Å². The van der Waals surface area contributed by atoms with Crippen LogP contribution in [0.15, 0.2) is 16.9 Å². The van der Waals surface area contributed by atoms with Crippen molar-refractivity contribution in [1.82, 2.24) is 4.98 Å². The lowest BCUT2D eigenvalue weighted by Gasteiger charge is -2.28. The Bertz CT molecular complexity index is 340. The van der Waals surface area contributed by atoms with E-state index in [1.54, 1.807) is 19.5 Å². The first-order valence-corrected chi connectivity index (χ1v) is 5.37. The highest BCUT2D eigenvalue weighted by atomic mass is 79.9. The average Bonchev–Trinajstić information content (AvgIpc) is 2.27. The summed E-state index contributed by atoms with van der Waals surface area (Å²) in [7, 11) is 1.57. The summed E-state index contributed by atoms with van der Waals surface area (Å²) in [4.78, 5) is 4.00. The summed E-state index contributed by atoms with van der Waals surface area (Å²) in [5, 5.41) is 9.41. The molecule has 3 N–H and O–H groups in total. The number of halogens is 1. The van der Waals surface area contributed by atoms with Crippen molar-refractivity contribution in [2.45, 2.75) is 12.3 Å². The molecule has 0 aliphatic rings. The van der Waals surface area contributed by atoms with E-state index in [0.717, 1.165) is 10.0 Å². The third kappa shape index (κ3) is 2.30. The Morgan fingerprint density at radius 2 is 2.27 bits per heavy atom. The van der Waals surface area contributed by atoms with Crippen molar-refractivity contribution in [3.05, 3.63) is 22.4 Å². The summed E-state index contributed by atoms with van der Waals surface area (Å²) in [6, 6.07) is 0. The van der Waals surface area contributed by atoms with Gasteiger partial charge in [0.15, 0.2) is 0 Å². The molecule has 0 fully saturated rings. The van der Waals surface area contributed by atoms with Crippen LogP contribution in [-0.2, 0) is 5.41 Å². The van der Waals surface area contributed by atoms with Crippen LogP contribution in [0.4, 0.5) is 0 Å². The van der Waals surface area contributed by atoms with Gasteiger partial charge >= 0.3 is 0 Å². The molecule has 1 unspecified atom stereocenters. The van der Waals surface area contributed by atoms with Crippen molar-refractivity contribution in [2.24, 2.45) is 5.73 Å². The Morgan fingerprint density at radius 1 is 1.60 bits per heavy atom. The molecule has 1 heterocycles. The maximum atomic E-state index is 9.41. The van der Waals surface area contributed by atoms with Gasteiger partial charge in [-0.3, -0.25) is 4.98 Å². The van der Waals surface area contributed by atoms with Gasteiger partial charge in [0.25, 0.3) is 0 Å². The molecule has 0 saturated heterocycles. The summed E-state index contributed by atoms with van der Waals surface area (Å²) >= 11 is 3.40. The van der Waals surface area contributed by atoms with Crippen LogP contribution in [0.1, 0.15) is 12.5 Å². The molecule has 5 heteroatoms. The molecule has 84 valence electrons. The second-order valence-electron chi connectivity index (χ2n) is 3.62. The van der Waals surface area contributed by atoms with Crippen LogP contribution in [0.25, 0.3) is 0 Å². The van der Waals surface area contributed by atoms with Crippen LogP contribution in [0.5, 0.6) is 5.75 Å². The van der Waals surface area contributed by atoms with E-state index < -0.39 is 5.41 Å². The molecule has 0 spiro atoms. The van der Waals surface area contributed by atoms with Gasteiger partial charge in [-0.15, -0.1) is 0 Å². The molecule has 0 radical (unpaired) electrons. The molecule has 0 saturated carbocycles. The van der Waals surface area contributed by atoms with Crippen molar-refractivity contribution in [3.63, 3.8) is 0 Å². The Balaban J connectivity index is 3.33. The lowest BCUT2D eigenvalue weighted by Crippen LogP contribution is -2.36. The minimum absolute atomic E-state index is 0.0392. The quantitative estimate of drug-likeness (QED) is 0.862. The summed E-state index contributed by atoms with van der Waals surface area (Å²) < 4.78 is 6.01.